The molecule has 9 nitrogen and oxygen atoms in total. The predicted octanol–water partition coefficient (Wildman–Crippen LogP) is 1.26. The molecule has 174 valence electrons. The van der Waals surface area contributed by atoms with Crippen molar-refractivity contribution in [2.75, 3.05) is 37.3 Å². The molecule has 2 aromatic rings. The molecule has 0 amide bonds. The van der Waals surface area contributed by atoms with Gasteiger partial charge in [0.2, 0.25) is 5.43 Å². The van der Waals surface area contributed by atoms with Gasteiger partial charge < -0.3 is 19.9 Å². The number of aromatic nitrogens is 1. The van der Waals surface area contributed by atoms with Gasteiger partial charge in [0.25, 0.3) is 10.1 Å². The molecule has 3 N–H and O–H groups in total. The van der Waals surface area contributed by atoms with Gasteiger partial charge in [-0.3, -0.25) is 9.35 Å². The third-order valence-corrected chi connectivity index (χ3v) is 4.78. The number of benzene rings is 1. The highest BCUT2D eigenvalue weighted by atomic mass is 32.2. The first-order chi connectivity index (χ1) is 14.7. The fourth-order valence-electron chi connectivity index (χ4n) is 3.25. The molecule has 1 aromatic carbocycles. The average Bonchev–Trinajstić information content (AvgIpc) is 2.68. The zero-order chi connectivity index (χ0) is 24.4. The number of nitrogens with one attached hydrogen (secondary N) is 1. The fourth-order valence-corrected chi connectivity index (χ4v) is 3.25. The highest BCUT2D eigenvalue weighted by molar-refractivity contribution is 7.85. The van der Waals surface area contributed by atoms with Crippen molar-refractivity contribution in [3.05, 3.63) is 39.7 Å². The van der Waals surface area contributed by atoms with E-state index in [2.05, 4.69) is 11.2 Å². The normalized spacial score (nSPS) is 14.5. The van der Waals surface area contributed by atoms with Gasteiger partial charge in [-0.05, 0) is 19.9 Å². The number of carboxylic acids is 1. The van der Waals surface area contributed by atoms with Crippen molar-refractivity contribution in [2.24, 2.45) is 0 Å². The molecule has 0 aliphatic carbocycles. The van der Waals surface area contributed by atoms with Gasteiger partial charge in [0, 0.05) is 32.4 Å². The molecule has 1 aliphatic rings. The van der Waals surface area contributed by atoms with E-state index in [1.807, 2.05) is 0 Å². The van der Waals surface area contributed by atoms with E-state index in [9.17, 15) is 27.5 Å². The van der Waals surface area contributed by atoms with Crippen molar-refractivity contribution in [3.63, 3.8) is 0 Å². The predicted molar refractivity (Wildman–Crippen MR) is 116 cm³/mol. The van der Waals surface area contributed by atoms with Crippen LogP contribution in [0.5, 0.6) is 0 Å². The van der Waals surface area contributed by atoms with Crippen LogP contribution in [0.3, 0.4) is 0 Å². The third-order valence-electron chi connectivity index (χ3n) is 4.78. The lowest BCUT2D eigenvalue weighted by atomic mass is 10.0. The van der Waals surface area contributed by atoms with Crippen LogP contribution in [0.2, 0.25) is 0 Å². The molecule has 0 radical (unpaired) electrons. The zero-order valence-corrected chi connectivity index (χ0v) is 18.5. The van der Waals surface area contributed by atoms with Crippen LogP contribution >= 0.6 is 0 Å². The number of pyridine rings is 1. The first kappa shape index (κ1) is 25.3. The number of aromatic carboxylic acids is 1. The second-order valence-electron chi connectivity index (χ2n) is 7.64. The Bertz CT molecular complexity index is 1250. The number of carbonyl (C=O) groups is 1. The smallest absolute Gasteiger partial charge is 0.341 e. The minimum Gasteiger partial charge on any atom is -0.477 e. The van der Waals surface area contributed by atoms with Gasteiger partial charge in [-0.1, -0.05) is 5.92 Å². The number of anilines is 1. The maximum absolute atomic E-state index is 15.5. The van der Waals surface area contributed by atoms with E-state index in [1.165, 1.54) is 4.57 Å². The zero-order valence-electron chi connectivity index (χ0n) is 17.6. The molecule has 12 heteroatoms. The van der Waals surface area contributed by atoms with Gasteiger partial charge in [-0.25, -0.2) is 13.6 Å². The second kappa shape index (κ2) is 9.23. The number of terminal acetylenes is 1. The molecular formula is C20H23F2N3O6S. The fraction of sp³-hybridized carbons (Fsp3) is 0.400. The quantitative estimate of drug-likeness (QED) is 0.451. The summed E-state index contributed by atoms with van der Waals surface area (Å²) in [7, 11) is -3.67. The molecule has 0 atom stereocenters. The number of halogens is 2. The van der Waals surface area contributed by atoms with Crippen LogP contribution in [0.25, 0.3) is 10.9 Å². The molecule has 0 unspecified atom stereocenters. The van der Waals surface area contributed by atoms with E-state index < -0.39 is 44.3 Å². The minimum atomic E-state index is -3.67. The Kier molecular flexibility index (Phi) is 7.29. The Hall–Kier alpha value is -3.01. The number of hydrogen-bond donors (Lipinski definition) is 3. The highest BCUT2D eigenvalue weighted by Gasteiger charge is 2.29. The van der Waals surface area contributed by atoms with E-state index in [4.69, 9.17) is 11.0 Å². The second-order valence-corrected chi connectivity index (χ2v) is 9.10. The van der Waals surface area contributed by atoms with Crippen LogP contribution < -0.4 is 15.6 Å². The van der Waals surface area contributed by atoms with Gasteiger partial charge in [-0.2, -0.15) is 8.42 Å². The number of piperazine rings is 1. The Morgan fingerprint density at radius 2 is 1.81 bits per heavy atom. The largest absolute Gasteiger partial charge is 0.477 e. The summed E-state index contributed by atoms with van der Waals surface area (Å²) in [6.45, 7) is 5.09. The Morgan fingerprint density at radius 1 is 1.28 bits per heavy atom. The monoisotopic (exact) mass is 471 g/mol. The number of carboxylic acid groups (broad SMARTS) is 1. The van der Waals surface area contributed by atoms with E-state index >= 15 is 4.39 Å². The summed E-state index contributed by atoms with van der Waals surface area (Å²) in [5, 5.41) is 12.1. The standard InChI is InChI=1S/C19H19F2N3O3.CH4O3S/c1-4-19(2,3)24-10-12(18(26)27)17(25)11-9-13(20)16(14(21)15(11)24)23-7-5-22-6-8-23;1-5(2,3)4/h1,9-10,22H,5-8H2,2-3H3,(H,26,27);1H3,(H,2,3,4). The molecule has 2 heterocycles. The summed E-state index contributed by atoms with van der Waals surface area (Å²) in [6, 6.07) is 0.896. The molecule has 32 heavy (non-hydrogen) atoms. The van der Waals surface area contributed by atoms with Crippen LogP contribution in [-0.2, 0) is 15.7 Å². The van der Waals surface area contributed by atoms with Crippen LogP contribution in [0.15, 0.2) is 17.1 Å². The van der Waals surface area contributed by atoms with Crippen LogP contribution in [0, 0.1) is 24.0 Å². The first-order valence-electron chi connectivity index (χ1n) is 9.36. The maximum Gasteiger partial charge on any atom is 0.341 e. The number of nitrogens with zero attached hydrogens (tertiary/aromatic N) is 2. The Labute approximate surface area is 183 Å². The Balaban J connectivity index is 0.000000654. The summed E-state index contributed by atoms with van der Waals surface area (Å²) in [5.74, 6) is -0.867. The van der Waals surface area contributed by atoms with E-state index in [-0.39, 0.29) is 16.6 Å². The maximum atomic E-state index is 15.5. The average molecular weight is 471 g/mol. The lowest BCUT2D eigenvalue weighted by Crippen LogP contribution is -2.44. The van der Waals surface area contributed by atoms with Gasteiger partial charge in [0.05, 0.1) is 22.7 Å². The SMILES string of the molecule is C#CC(C)(C)n1cc(C(=O)O)c(=O)c2cc(F)c(N3CCNCC3)c(F)c21.CS(=O)(=O)O. The first-order valence-corrected chi connectivity index (χ1v) is 11.2. The molecule has 1 aliphatic heterocycles. The van der Waals surface area contributed by atoms with Crippen molar-refractivity contribution >= 4 is 32.7 Å². The summed E-state index contributed by atoms with van der Waals surface area (Å²) in [4.78, 5) is 25.5. The van der Waals surface area contributed by atoms with Crippen molar-refractivity contribution in [2.45, 2.75) is 19.4 Å². The molecule has 1 fully saturated rings. The van der Waals surface area contributed by atoms with Gasteiger partial charge in [0.1, 0.15) is 17.1 Å². The van der Waals surface area contributed by atoms with E-state index in [1.54, 1.807) is 18.7 Å². The molecule has 0 spiro atoms. The van der Waals surface area contributed by atoms with E-state index in [0.717, 1.165) is 12.3 Å². The number of hydrogen-bond acceptors (Lipinski definition) is 6. The summed E-state index contributed by atoms with van der Waals surface area (Å²) < 4.78 is 57.3. The van der Waals surface area contributed by atoms with Gasteiger partial charge in [0.15, 0.2) is 5.82 Å². The Morgan fingerprint density at radius 3 is 2.28 bits per heavy atom. The molecule has 1 aromatic heterocycles. The van der Waals surface area contributed by atoms with Crippen LogP contribution in [0.1, 0.15) is 24.2 Å². The highest BCUT2D eigenvalue weighted by Crippen LogP contribution is 2.32. The van der Waals surface area contributed by atoms with E-state index in [0.29, 0.717) is 32.4 Å². The van der Waals surface area contributed by atoms with Crippen molar-refractivity contribution in [1.29, 1.82) is 0 Å². The van der Waals surface area contributed by atoms with Crippen LogP contribution in [-0.4, -0.2) is 61.0 Å². The van der Waals surface area contributed by atoms with Gasteiger partial charge in [-0.15, -0.1) is 6.42 Å². The number of fused-ring (bicyclic) bond motifs is 1. The summed E-state index contributed by atoms with van der Waals surface area (Å²) in [5.41, 5.74) is -3.14. The topological polar surface area (TPSA) is 129 Å². The lowest BCUT2D eigenvalue weighted by molar-refractivity contribution is 0.0694. The molecular weight excluding hydrogens is 448 g/mol. The molecule has 0 bridgehead atoms. The molecule has 3 rings (SSSR count). The van der Waals surface area contributed by atoms with Crippen molar-refractivity contribution in [1.82, 2.24) is 9.88 Å². The molecule has 0 saturated carbocycles. The summed E-state index contributed by atoms with van der Waals surface area (Å²) >= 11 is 0. The van der Waals surface area contributed by atoms with Crippen molar-refractivity contribution < 1.29 is 31.7 Å². The van der Waals surface area contributed by atoms with Gasteiger partial charge >= 0.3 is 5.97 Å². The lowest BCUT2D eigenvalue weighted by Gasteiger charge is -2.31. The van der Waals surface area contributed by atoms with Crippen LogP contribution in [0.4, 0.5) is 14.5 Å². The number of rotatable bonds is 3. The summed E-state index contributed by atoms with van der Waals surface area (Å²) in [6.07, 6.45) is 7.28. The third kappa shape index (κ3) is 5.42. The minimum absolute atomic E-state index is 0.206. The molecule has 1 saturated heterocycles. The van der Waals surface area contributed by atoms with Crippen molar-refractivity contribution in [3.8, 4) is 12.3 Å².